The molecule has 0 unspecified atom stereocenters. The molecule has 210 valence electrons. The lowest BCUT2D eigenvalue weighted by Gasteiger charge is -2.26. The van der Waals surface area contributed by atoms with Crippen LogP contribution in [0.25, 0.3) is 22.5 Å². The average Bonchev–Trinajstić information content (AvgIpc) is 3.39. The maximum Gasteiger partial charge on any atom is 0.573 e. The quantitative estimate of drug-likeness (QED) is 0.284. The minimum atomic E-state index is -4.92. The van der Waals surface area contributed by atoms with Gasteiger partial charge in [-0.2, -0.15) is 0 Å². The van der Waals surface area contributed by atoms with Crippen molar-refractivity contribution in [2.24, 2.45) is 0 Å². The van der Waals surface area contributed by atoms with Gasteiger partial charge in [-0.25, -0.2) is 4.98 Å². The second-order valence-electron chi connectivity index (χ2n) is 9.14. The molecule has 1 saturated heterocycles. The number of oxazole rings is 1. The first-order chi connectivity index (χ1) is 19.2. The molecule has 40 heavy (non-hydrogen) atoms. The Bertz CT molecular complexity index is 1510. The standard InChI is InChI=1S/C28H27F3N4O5/c1-18-4-5-21(38-12-9-35-7-10-37-11-8-35)16-24(18)34-27-33-17-25(39-27)20-13-19(23-3-2-6-32-26(23)36)14-22(15-20)40-28(29,30)31/h2-6,13-17H,7-12H2,1H3,(H,32,36)(H,33,34). The lowest BCUT2D eigenvalue weighted by molar-refractivity contribution is -0.274. The van der Waals surface area contributed by atoms with Crippen LogP contribution in [-0.4, -0.2) is 60.7 Å². The van der Waals surface area contributed by atoms with Crippen molar-refractivity contribution in [2.45, 2.75) is 13.3 Å². The molecule has 0 bridgehead atoms. The monoisotopic (exact) mass is 556 g/mol. The van der Waals surface area contributed by atoms with Crippen LogP contribution in [0, 0.1) is 6.92 Å². The highest BCUT2D eigenvalue weighted by atomic mass is 19.4. The fourth-order valence-electron chi connectivity index (χ4n) is 4.26. The van der Waals surface area contributed by atoms with E-state index in [0.29, 0.717) is 18.0 Å². The van der Waals surface area contributed by atoms with Gasteiger partial charge in [0, 0.05) is 48.7 Å². The zero-order valence-electron chi connectivity index (χ0n) is 21.6. The minimum Gasteiger partial charge on any atom is -0.492 e. The zero-order chi connectivity index (χ0) is 28.1. The van der Waals surface area contributed by atoms with Crippen molar-refractivity contribution in [3.05, 3.63) is 76.8 Å². The van der Waals surface area contributed by atoms with Crippen molar-refractivity contribution in [3.63, 3.8) is 0 Å². The largest absolute Gasteiger partial charge is 0.573 e. The van der Waals surface area contributed by atoms with E-state index in [0.717, 1.165) is 44.5 Å². The summed E-state index contributed by atoms with van der Waals surface area (Å²) in [6.45, 7) is 6.43. The van der Waals surface area contributed by atoms with E-state index in [1.54, 1.807) is 6.07 Å². The highest BCUT2D eigenvalue weighted by molar-refractivity contribution is 5.73. The van der Waals surface area contributed by atoms with Gasteiger partial charge in [-0.1, -0.05) is 6.07 Å². The first kappa shape index (κ1) is 27.3. The highest BCUT2D eigenvalue weighted by Crippen LogP contribution is 2.34. The van der Waals surface area contributed by atoms with Crippen molar-refractivity contribution < 1.29 is 31.8 Å². The normalized spacial score (nSPS) is 14.2. The van der Waals surface area contributed by atoms with Crippen molar-refractivity contribution in [1.82, 2.24) is 14.9 Å². The molecule has 12 heteroatoms. The molecule has 0 radical (unpaired) electrons. The number of H-pyrrole nitrogens is 1. The van der Waals surface area contributed by atoms with Crippen LogP contribution in [0.2, 0.25) is 0 Å². The third-order valence-corrected chi connectivity index (χ3v) is 6.29. The number of alkyl halides is 3. The number of nitrogens with one attached hydrogen (secondary N) is 2. The maximum atomic E-state index is 13.0. The molecule has 0 atom stereocenters. The van der Waals surface area contributed by atoms with E-state index in [4.69, 9.17) is 13.9 Å². The molecular weight excluding hydrogens is 529 g/mol. The van der Waals surface area contributed by atoms with Crippen LogP contribution in [0.3, 0.4) is 0 Å². The van der Waals surface area contributed by atoms with Crippen molar-refractivity contribution in [1.29, 1.82) is 0 Å². The molecule has 5 rings (SSSR count). The Kier molecular flexibility index (Phi) is 8.08. The van der Waals surface area contributed by atoms with Gasteiger partial charge in [0.25, 0.3) is 11.6 Å². The minimum absolute atomic E-state index is 0.129. The summed E-state index contributed by atoms with van der Waals surface area (Å²) >= 11 is 0. The number of aromatic nitrogens is 2. The number of hydrogen-bond acceptors (Lipinski definition) is 8. The number of aromatic amines is 1. The molecule has 0 spiro atoms. The molecule has 2 aromatic heterocycles. The van der Waals surface area contributed by atoms with Gasteiger partial charge in [-0.05, 0) is 54.4 Å². The second kappa shape index (κ2) is 11.8. The lowest BCUT2D eigenvalue weighted by Crippen LogP contribution is -2.38. The van der Waals surface area contributed by atoms with E-state index in [2.05, 4.69) is 24.9 Å². The smallest absolute Gasteiger partial charge is 0.492 e. The molecule has 0 amide bonds. The van der Waals surface area contributed by atoms with Crippen molar-refractivity contribution in [3.8, 4) is 33.9 Å². The third kappa shape index (κ3) is 7.01. The van der Waals surface area contributed by atoms with Crippen LogP contribution >= 0.6 is 0 Å². The van der Waals surface area contributed by atoms with Gasteiger partial charge < -0.3 is 28.9 Å². The van der Waals surface area contributed by atoms with Crippen LogP contribution in [0.15, 0.2) is 70.1 Å². The molecule has 4 aromatic rings. The Balaban J connectivity index is 1.34. The molecule has 9 nitrogen and oxygen atoms in total. The molecule has 3 heterocycles. The number of pyridine rings is 1. The first-order valence-corrected chi connectivity index (χ1v) is 12.6. The number of rotatable bonds is 9. The van der Waals surface area contributed by atoms with E-state index in [1.165, 1.54) is 30.6 Å². The van der Waals surface area contributed by atoms with Gasteiger partial charge in [-0.3, -0.25) is 9.69 Å². The molecule has 0 saturated carbocycles. The van der Waals surface area contributed by atoms with Crippen LogP contribution in [0.5, 0.6) is 11.5 Å². The number of aryl methyl sites for hydroxylation is 1. The molecule has 0 aliphatic carbocycles. The van der Waals surface area contributed by atoms with Crippen LogP contribution in [-0.2, 0) is 4.74 Å². The molecular formula is C28H27F3N4O5. The maximum absolute atomic E-state index is 13.0. The van der Waals surface area contributed by atoms with E-state index >= 15 is 0 Å². The number of hydrogen-bond donors (Lipinski definition) is 2. The summed E-state index contributed by atoms with van der Waals surface area (Å²) in [7, 11) is 0. The fraction of sp³-hybridized carbons (Fsp3) is 0.286. The van der Waals surface area contributed by atoms with Crippen LogP contribution < -0.4 is 20.3 Å². The Morgan fingerprint density at radius 1 is 1.07 bits per heavy atom. The number of benzene rings is 2. The zero-order valence-corrected chi connectivity index (χ0v) is 21.6. The molecule has 1 aliphatic heterocycles. The van der Waals surface area contributed by atoms with E-state index in [-0.39, 0.29) is 28.5 Å². The van der Waals surface area contributed by atoms with E-state index in [9.17, 15) is 18.0 Å². The molecule has 1 fully saturated rings. The van der Waals surface area contributed by atoms with Gasteiger partial charge >= 0.3 is 6.36 Å². The Morgan fingerprint density at radius 3 is 2.65 bits per heavy atom. The highest BCUT2D eigenvalue weighted by Gasteiger charge is 2.31. The molecule has 2 aromatic carbocycles. The van der Waals surface area contributed by atoms with E-state index in [1.807, 2.05) is 25.1 Å². The summed E-state index contributed by atoms with van der Waals surface area (Å²) in [6.07, 6.45) is -2.10. The van der Waals surface area contributed by atoms with Gasteiger partial charge in [-0.15, -0.1) is 13.2 Å². The number of ether oxygens (including phenoxy) is 3. The third-order valence-electron chi connectivity index (χ3n) is 6.29. The summed E-state index contributed by atoms with van der Waals surface area (Å²) in [4.78, 5) is 21.3. The molecule has 1 aliphatic rings. The number of halogens is 3. The van der Waals surface area contributed by atoms with E-state index < -0.39 is 17.7 Å². The summed E-state index contributed by atoms with van der Waals surface area (Å²) in [6, 6.07) is 12.7. The van der Waals surface area contributed by atoms with Gasteiger partial charge in [0.1, 0.15) is 18.1 Å². The Labute approximate surface area is 227 Å². The Hall–Kier alpha value is -4.29. The number of nitrogens with zero attached hydrogens (tertiary/aromatic N) is 2. The number of morpholine rings is 1. The van der Waals surface area contributed by atoms with Crippen molar-refractivity contribution >= 4 is 11.7 Å². The van der Waals surface area contributed by atoms with Crippen LogP contribution in [0.1, 0.15) is 5.56 Å². The van der Waals surface area contributed by atoms with Gasteiger partial charge in [0.15, 0.2) is 5.76 Å². The second-order valence-corrected chi connectivity index (χ2v) is 9.14. The number of anilines is 2. The summed E-state index contributed by atoms with van der Waals surface area (Å²) in [5, 5.41) is 3.10. The molecule has 2 N–H and O–H groups in total. The summed E-state index contributed by atoms with van der Waals surface area (Å²) < 4.78 is 60.4. The predicted molar refractivity (Wildman–Crippen MR) is 142 cm³/mol. The van der Waals surface area contributed by atoms with Crippen molar-refractivity contribution in [2.75, 3.05) is 44.8 Å². The topological polar surface area (TPSA) is 102 Å². The Morgan fingerprint density at radius 2 is 1.88 bits per heavy atom. The fourth-order valence-corrected chi connectivity index (χ4v) is 4.26. The predicted octanol–water partition coefficient (Wildman–Crippen LogP) is 5.36. The average molecular weight is 557 g/mol. The SMILES string of the molecule is Cc1ccc(OCCN2CCOCC2)cc1Nc1ncc(-c2cc(OC(F)(F)F)cc(-c3ccc[nH]c3=O)c2)o1. The summed E-state index contributed by atoms with van der Waals surface area (Å²) in [5.74, 6) is 0.356. The summed E-state index contributed by atoms with van der Waals surface area (Å²) in [5.41, 5.74) is 1.80. The van der Waals surface area contributed by atoms with Gasteiger partial charge in [0.05, 0.1) is 19.4 Å². The van der Waals surface area contributed by atoms with Gasteiger partial charge in [0.2, 0.25) is 0 Å². The van der Waals surface area contributed by atoms with Crippen LogP contribution in [0.4, 0.5) is 24.9 Å². The first-order valence-electron chi connectivity index (χ1n) is 12.6. The lowest BCUT2D eigenvalue weighted by atomic mass is 10.0.